The predicted molar refractivity (Wildman–Crippen MR) is 81.5 cm³/mol. The fraction of sp³-hybridized carbons (Fsp3) is 0.467. The maximum absolute atomic E-state index is 11.7. The Bertz CT molecular complexity index is 580. The molecule has 7 nitrogen and oxygen atoms in total. The van der Waals surface area contributed by atoms with Crippen LogP contribution >= 0.6 is 0 Å². The molecule has 3 N–H and O–H groups in total. The first-order chi connectivity index (χ1) is 10.2. The summed E-state index contributed by atoms with van der Waals surface area (Å²) >= 11 is 0. The van der Waals surface area contributed by atoms with Gasteiger partial charge >= 0.3 is 12.1 Å². The zero-order valence-electron chi connectivity index (χ0n) is 12.8. The summed E-state index contributed by atoms with van der Waals surface area (Å²) in [6, 6.07) is 5.08. The van der Waals surface area contributed by atoms with E-state index in [4.69, 9.17) is 14.6 Å². The van der Waals surface area contributed by atoms with E-state index in [2.05, 4.69) is 10.6 Å². The third-order valence-electron chi connectivity index (χ3n) is 2.84. The molecule has 22 heavy (non-hydrogen) atoms. The molecule has 0 radical (unpaired) electrons. The van der Waals surface area contributed by atoms with E-state index in [-0.39, 0.29) is 6.42 Å². The van der Waals surface area contributed by atoms with Crippen LogP contribution in [0.5, 0.6) is 5.75 Å². The summed E-state index contributed by atoms with van der Waals surface area (Å²) in [4.78, 5) is 22.4. The van der Waals surface area contributed by atoms with E-state index in [1.54, 1.807) is 39.0 Å². The lowest BCUT2D eigenvalue weighted by molar-refractivity contribution is -0.138. The molecule has 0 fully saturated rings. The number of carboxylic acids is 1. The van der Waals surface area contributed by atoms with Gasteiger partial charge in [-0.25, -0.2) is 4.79 Å². The summed E-state index contributed by atoms with van der Waals surface area (Å²) in [7, 11) is 0. The number of hydrogen-bond donors (Lipinski definition) is 3. The Morgan fingerprint density at radius 1 is 1.45 bits per heavy atom. The van der Waals surface area contributed by atoms with E-state index in [9.17, 15) is 9.59 Å². The molecule has 0 spiro atoms. The average molecular weight is 308 g/mol. The standard InChI is InChI=1S/C15H20N2O5/c1-15(2,3)22-14(20)17-9-4-5-12-11(6-9)16-8-10(21-12)7-13(18)19/h4-6,10,16H,7-8H2,1-3H3,(H,17,20)(H,18,19). The monoisotopic (exact) mass is 308 g/mol. The van der Waals surface area contributed by atoms with Crippen molar-refractivity contribution in [1.82, 2.24) is 0 Å². The number of carbonyl (C=O) groups is 2. The van der Waals surface area contributed by atoms with E-state index >= 15 is 0 Å². The lowest BCUT2D eigenvalue weighted by atomic mass is 10.1. The molecule has 0 bridgehead atoms. The largest absolute Gasteiger partial charge is 0.486 e. The molecular weight excluding hydrogens is 288 g/mol. The van der Waals surface area contributed by atoms with E-state index in [0.29, 0.717) is 23.7 Å². The van der Waals surface area contributed by atoms with Crippen LogP contribution in [0.25, 0.3) is 0 Å². The molecule has 0 aromatic heterocycles. The van der Waals surface area contributed by atoms with Gasteiger partial charge < -0.3 is 19.9 Å². The Balaban J connectivity index is 2.01. The number of ether oxygens (including phenoxy) is 2. The van der Waals surface area contributed by atoms with Crippen LogP contribution in [0.15, 0.2) is 18.2 Å². The quantitative estimate of drug-likeness (QED) is 0.794. The molecule has 2 rings (SSSR count). The minimum absolute atomic E-state index is 0.0651. The summed E-state index contributed by atoms with van der Waals surface area (Å²) in [5.74, 6) is -0.342. The van der Waals surface area contributed by atoms with E-state index in [1.165, 1.54) is 0 Å². The summed E-state index contributed by atoms with van der Waals surface area (Å²) in [6.07, 6.45) is -1.01. The molecule has 1 aromatic rings. The van der Waals surface area contributed by atoms with Gasteiger partial charge in [0.05, 0.1) is 18.7 Å². The number of carboxylic acid groups (broad SMARTS) is 1. The van der Waals surface area contributed by atoms with Crippen molar-refractivity contribution in [3.05, 3.63) is 18.2 Å². The van der Waals surface area contributed by atoms with Gasteiger partial charge in [-0.2, -0.15) is 0 Å². The van der Waals surface area contributed by atoms with Crippen molar-refractivity contribution in [2.45, 2.75) is 38.9 Å². The van der Waals surface area contributed by atoms with E-state index < -0.39 is 23.8 Å². The fourth-order valence-electron chi connectivity index (χ4n) is 2.02. The van der Waals surface area contributed by atoms with Gasteiger partial charge in [0.15, 0.2) is 0 Å². The lowest BCUT2D eigenvalue weighted by Gasteiger charge is -2.27. The van der Waals surface area contributed by atoms with Gasteiger partial charge in [-0.1, -0.05) is 0 Å². The fourth-order valence-corrected chi connectivity index (χ4v) is 2.02. The van der Waals surface area contributed by atoms with Crippen molar-refractivity contribution < 1.29 is 24.2 Å². The number of rotatable bonds is 3. The zero-order chi connectivity index (χ0) is 16.3. The zero-order valence-corrected chi connectivity index (χ0v) is 12.8. The lowest BCUT2D eigenvalue weighted by Crippen LogP contribution is -2.32. The first-order valence-electron chi connectivity index (χ1n) is 6.99. The predicted octanol–water partition coefficient (Wildman–Crippen LogP) is 2.68. The van der Waals surface area contributed by atoms with Crippen molar-refractivity contribution in [1.29, 1.82) is 0 Å². The topological polar surface area (TPSA) is 96.9 Å². The van der Waals surface area contributed by atoms with Crippen LogP contribution in [0.4, 0.5) is 16.2 Å². The number of anilines is 2. The number of carbonyl (C=O) groups excluding carboxylic acids is 1. The molecule has 0 saturated heterocycles. The molecule has 1 amide bonds. The van der Waals surface area contributed by atoms with Crippen LogP contribution < -0.4 is 15.4 Å². The van der Waals surface area contributed by atoms with Gasteiger partial charge in [-0.05, 0) is 39.0 Å². The third-order valence-corrected chi connectivity index (χ3v) is 2.84. The Labute approximate surface area is 128 Å². The Hall–Kier alpha value is -2.44. The van der Waals surface area contributed by atoms with Crippen LogP contribution in [0, 0.1) is 0 Å². The van der Waals surface area contributed by atoms with Gasteiger partial charge in [0, 0.05) is 5.69 Å². The second-order valence-electron chi connectivity index (χ2n) is 6.06. The molecule has 1 aliphatic rings. The molecule has 0 aliphatic carbocycles. The second-order valence-corrected chi connectivity index (χ2v) is 6.06. The SMILES string of the molecule is CC(C)(C)OC(=O)Nc1ccc2c(c1)NCC(CC(=O)O)O2. The number of nitrogens with one attached hydrogen (secondary N) is 2. The van der Waals surface area contributed by atoms with Gasteiger partial charge in [0.2, 0.25) is 0 Å². The number of hydrogen-bond acceptors (Lipinski definition) is 5. The number of aliphatic carboxylic acids is 1. The van der Waals surface area contributed by atoms with Gasteiger partial charge in [-0.3, -0.25) is 10.1 Å². The van der Waals surface area contributed by atoms with Crippen molar-refractivity contribution in [3.8, 4) is 5.75 Å². The highest BCUT2D eigenvalue weighted by molar-refractivity contribution is 5.86. The molecule has 7 heteroatoms. The van der Waals surface area contributed by atoms with Crippen molar-refractivity contribution in [2.75, 3.05) is 17.2 Å². The highest BCUT2D eigenvalue weighted by atomic mass is 16.6. The maximum atomic E-state index is 11.7. The van der Waals surface area contributed by atoms with Gasteiger partial charge in [-0.15, -0.1) is 0 Å². The Morgan fingerprint density at radius 3 is 2.82 bits per heavy atom. The molecule has 0 saturated carbocycles. The van der Waals surface area contributed by atoms with Crippen LogP contribution in [0.2, 0.25) is 0 Å². The first kappa shape index (κ1) is 15.9. The molecule has 1 aliphatic heterocycles. The van der Waals surface area contributed by atoms with Crippen molar-refractivity contribution in [2.24, 2.45) is 0 Å². The number of fused-ring (bicyclic) bond motifs is 1. The normalized spacial score (nSPS) is 16.8. The summed E-state index contributed by atoms with van der Waals surface area (Å²) < 4.78 is 10.8. The van der Waals surface area contributed by atoms with Crippen LogP contribution in [0.1, 0.15) is 27.2 Å². The number of amides is 1. The van der Waals surface area contributed by atoms with Crippen LogP contribution in [0.3, 0.4) is 0 Å². The molecular formula is C15H20N2O5. The minimum atomic E-state index is -0.904. The smallest absolute Gasteiger partial charge is 0.412 e. The highest BCUT2D eigenvalue weighted by Gasteiger charge is 2.22. The Morgan fingerprint density at radius 2 is 2.18 bits per heavy atom. The van der Waals surface area contributed by atoms with Crippen LogP contribution in [-0.2, 0) is 9.53 Å². The molecule has 1 aromatic carbocycles. The summed E-state index contributed by atoms with van der Waals surface area (Å²) in [5.41, 5.74) is 0.708. The molecule has 1 unspecified atom stereocenters. The maximum Gasteiger partial charge on any atom is 0.412 e. The van der Waals surface area contributed by atoms with Gasteiger partial charge in [0.1, 0.15) is 17.5 Å². The van der Waals surface area contributed by atoms with E-state index in [1.807, 2.05) is 0 Å². The Kier molecular flexibility index (Phi) is 4.44. The second kappa shape index (κ2) is 6.13. The van der Waals surface area contributed by atoms with Gasteiger partial charge in [0.25, 0.3) is 0 Å². The number of benzene rings is 1. The molecule has 1 heterocycles. The van der Waals surface area contributed by atoms with Crippen LogP contribution in [-0.4, -0.2) is 35.4 Å². The third kappa shape index (κ3) is 4.54. The van der Waals surface area contributed by atoms with E-state index in [0.717, 1.165) is 0 Å². The summed E-state index contributed by atoms with van der Waals surface area (Å²) in [6.45, 7) is 5.77. The average Bonchev–Trinajstić information content (AvgIpc) is 2.35. The first-order valence-corrected chi connectivity index (χ1v) is 6.99. The minimum Gasteiger partial charge on any atom is -0.486 e. The molecule has 1 atom stereocenters. The summed E-state index contributed by atoms with van der Waals surface area (Å²) in [5, 5.41) is 14.5. The molecule has 120 valence electrons. The van der Waals surface area contributed by atoms with Crippen molar-refractivity contribution >= 4 is 23.4 Å². The highest BCUT2D eigenvalue weighted by Crippen LogP contribution is 2.32. The van der Waals surface area contributed by atoms with Crippen molar-refractivity contribution in [3.63, 3.8) is 0 Å².